The molecule has 1 aliphatic rings. The van der Waals surface area contributed by atoms with E-state index in [2.05, 4.69) is 26.4 Å². The van der Waals surface area contributed by atoms with E-state index >= 15 is 0 Å². The summed E-state index contributed by atoms with van der Waals surface area (Å²) in [5, 5.41) is 4.68. The summed E-state index contributed by atoms with van der Waals surface area (Å²) in [6.07, 6.45) is 2.82. The van der Waals surface area contributed by atoms with Gasteiger partial charge in [-0.2, -0.15) is 9.97 Å². The van der Waals surface area contributed by atoms with Crippen molar-refractivity contribution >= 4 is 29.2 Å². The number of hydrogen-bond donors (Lipinski definition) is 0. The van der Waals surface area contributed by atoms with Gasteiger partial charge < -0.3 is 24.1 Å². The van der Waals surface area contributed by atoms with Gasteiger partial charge in [0.05, 0.1) is 32.4 Å². The number of ether oxygens (including phenoxy) is 2. The number of hydrogen-bond acceptors (Lipinski definition) is 10. The zero-order valence-corrected chi connectivity index (χ0v) is 22.9. The number of morpholine rings is 1. The van der Waals surface area contributed by atoms with Gasteiger partial charge in [-0.3, -0.25) is 9.47 Å². The molecule has 0 atom stereocenters. The number of carbonyl (C=O) groups excluding carboxylic acids is 1. The first kappa shape index (κ1) is 26.6. The molecule has 39 heavy (non-hydrogen) atoms. The number of nitrogens with zero attached hydrogens (tertiary/aromatic N) is 9. The first-order valence-corrected chi connectivity index (χ1v) is 13.2. The number of benzene rings is 1. The molecule has 0 spiro atoms. The van der Waals surface area contributed by atoms with Crippen molar-refractivity contribution < 1.29 is 14.3 Å². The number of aromatic nitrogens is 6. The Morgan fingerprint density at radius 1 is 1.08 bits per heavy atom. The Bertz CT molecular complexity index is 1410. The minimum atomic E-state index is 0.395. The highest BCUT2D eigenvalue weighted by atomic mass is 16.5. The number of anilines is 2. The predicted octanol–water partition coefficient (Wildman–Crippen LogP) is 2.11. The lowest BCUT2D eigenvalue weighted by Crippen LogP contribution is -2.37. The summed E-state index contributed by atoms with van der Waals surface area (Å²) in [6, 6.07) is 9.99. The quantitative estimate of drug-likeness (QED) is 0.266. The first-order valence-electron chi connectivity index (χ1n) is 13.2. The van der Waals surface area contributed by atoms with Crippen LogP contribution in [0.2, 0.25) is 0 Å². The summed E-state index contributed by atoms with van der Waals surface area (Å²) < 4.78 is 15.0. The Morgan fingerprint density at radius 3 is 2.54 bits per heavy atom. The Morgan fingerprint density at radius 2 is 1.85 bits per heavy atom. The van der Waals surface area contributed by atoms with E-state index in [0.29, 0.717) is 57.8 Å². The van der Waals surface area contributed by atoms with E-state index in [9.17, 15) is 4.79 Å². The number of aldehydes is 1. The van der Waals surface area contributed by atoms with Crippen LogP contribution in [0.25, 0.3) is 28.2 Å². The van der Waals surface area contributed by atoms with Crippen LogP contribution < -0.4 is 14.5 Å². The molecule has 4 heterocycles. The summed E-state index contributed by atoms with van der Waals surface area (Å²) in [4.78, 5) is 32.2. The molecule has 0 bridgehead atoms. The van der Waals surface area contributed by atoms with Crippen molar-refractivity contribution in [2.45, 2.75) is 13.5 Å². The van der Waals surface area contributed by atoms with Crippen LogP contribution in [-0.4, -0.2) is 108 Å². The third-order valence-electron chi connectivity index (χ3n) is 6.88. The van der Waals surface area contributed by atoms with Crippen LogP contribution in [-0.2, 0) is 16.1 Å². The third-order valence-corrected chi connectivity index (χ3v) is 6.88. The van der Waals surface area contributed by atoms with Gasteiger partial charge in [0.2, 0.25) is 11.8 Å². The number of carbonyl (C=O) groups is 1. The maximum atomic E-state index is 10.9. The highest BCUT2D eigenvalue weighted by Crippen LogP contribution is 2.32. The lowest BCUT2D eigenvalue weighted by molar-refractivity contribution is -0.108. The normalized spacial score (nSPS) is 13.8. The van der Waals surface area contributed by atoms with Gasteiger partial charge in [0.25, 0.3) is 5.95 Å². The number of rotatable bonds is 11. The van der Waals surface area contributed by atoms with E-state index in [1.807, 2.05) is 55.5 Å². The molecule has 0 amide bonds. The smallest absolute Gasteiger partial charge is 0.254 e. The average Bonchev–Trinajstić information content (AvgIpc) is 3.58. The standard InChI is InChI=1S/C27H35N9O3/c1-5-35-24-22(28-27(35)33(3)12-11-32(2)13-16-37)23(34-14-17-39-18-15-34)29-26(30-24)36-19-21(25(31-36)38-4)20-9-7-6-8-10-20/h6-10,16,19H,5,11-15,17-18H2,1-4H3. The molecular formula is C27H35N9O3. The van der Waals surface area contributed by atoms with Crippen molar-refractivity contribution in [1.29, 1.82) is 0 Å². The monoisotopic (exact) mass is 533 g/mol. The molecule has 206 valence electrons. The minimum absolute atomic E-state index is 0.395. The fourth-order valence-corrected chi connectivity index (χ4v) is 4.71. The molecule has 5 rings (SSSR count). The molecule has 1 aliphatic heterocycles. The van der Waals surface area contributed by atoms with Gasteiger partial charge in [-0.05, 0) is 19.5 Å². The Kier molecular flexibility index (Phi) is 8.03. The van der Waals surface area contributed by atoms with Crippen LogP contribution in [0.5, 0.6) is 5.88 Å². The lowest BCUT2D eigenvalue weighted by Gasteiger charge is -2.28. The molecule has 0 aliphatic carbocycles. The van der Waals surface area contributed by atoms with Crippen molar-refractivity contribution in [2.24, 2.45) is 0 Å². The zero-order valence-electron chi connectivity index (χ0n) is 22.9. The van der Waals surface area contributed by atoms with Gasteiger partial charge in [-0.1, -0.05) is 30.3 Å². The van der Waals surface area contributed by atoms with E-state index in [1.165, 1.54) is 0 Å². The molecule has 0 N–H and O–H groups in total. The number of imidazole rings is 1. The second kappa shape index (κ2) is 11.8. The Hall–Kier alpha value is -4.03. The van der Waals surface area contributed by atoms with Gasteiger partial charge in [-0.25, -0.2) is 9.67 Å². The number of aryl methyl sites for hydroxylation is 1. The van der Waals surface area contributed by atoms with E-state index in [1.54, 1.807) is 11.8 Å². The summed E-state index contributed by atoms with van der Waals surface area (Å²) in [6.45, 7) is 7.26. The van der Waals surface area contributed by atoms with E-state index in [0.717, 1.165) is 46.9 Å². The summed E-state index contributed by atoms with van der Waals surface area (Å²) in [7, 11) is 5.56. The minimum Gasteiger partial charge on any atom is -0.479 e. The van der Waals surface area contributed by atoms with Crippen molar-refractivity contribution in [3.63, 3.8) is 0 Å². The third kappa shape index (κ3) is 5.43. The highest BCUT2D eigenvalue weighted by molar-refractivity contribution is 5.87. The molecule has 0 unspecified atom stereocenters. The number of fused-ring (bicyclic) bond motifs is 1. The lowest BCUT2D eigenvalue weighted by atomic mass is 10.1. The molecule has 0 saturated carbocycles. The van der Waals surface area contributed by atoms with Crippen LogP contribution in [0.4, 0.5) is 11.8 Å². The van der Waals surface area contributed by atoms with Crippen molar-refractivity contribution in [1.82, 2.24) is 34.2 Å². The maximum Gasteiger partial charge on any atom is 0.254 e. The van der Waals surface area contributed by atoms with Gasteiger partial charge >= 0.3 is 0 Å². The van der Waals surface area contributed by atoms with E-state index in [4.69, 9.17) is 24.4 Å². The second-order valence-corrected chi connectivity index (χ2v) is 9.49. The average molecular weight is 534 g/mol. The topological polar surface area (TPSA) is 107 Å². The number of methoxy groups -OCH3 is 1. The molecule has 3 aromatic heterocycles. The van der Waals surface area contributed by atoms with Gasteiger partial charge in [0.1, 0.15) is 6.29 Å². The molecule has 0 radical (unpaired) electrons. The molecule has 12 nitrogen and oxygen atoms in total. The van der Waals surface area contributed by atoms with Crippen LogP contribution in [0.1, 0.15) is 6.92 Å². The molecule has 1 fully saturated rings. The zero-order chi connectivity index (χ0) is 27.4. The molecule has 1 aromatic carbocycles. The van der Waals surface area contributed by atoms with Crippen molar-refractivity contribution in [3.05, 3.63) is 36.5 Å². The van der Waals surface area contributed by atoms with Gasteiger partial charge in [0, 0.05) is 46.0 Å². The summed E-state index contributed by atoms with van der Waals surface area (Å²) in [5.74, 6) is 2.51. The SMILES string of the molecule is CCn1c(N(C)CCN(C)CC=O)nc2c(N3CCOCC3)nc(-n3cc(-c4ccccc4)c(OC)n3)nc21. The molecule has 12 heteroatoms. The number of likely N-dealkylation sites (N-methyl/N-ethyl adjacent to an activating group) is 2. The largest absolute Gasteiger partial charge is 0.479 e. The second-order valence-electron chi connectivity index (χ2n) is 9.49. The summed E-state index contributed by atoms with van der Waals surface area (Å²) in [5.41, 5.74) is 3.34. The maximum absolute atomic E-state index is 10.9. The molecular weight excluding hydrogens is 498 g/mol. The van der Waals surface area contributed by atoms with E-state index < -0.39 is 0 Å². The fourth-order valence-electron chi connectivity index (χ4n) is 4.71. The molecule has 1 saturated heterocycles. The fraction of sp³-hybridized carbons (Fsp3) is 0.444. The van der Waals surface area contributed by atoms with Gasteiger partial charge in [-0.15, -0.1) is 5.10 Å². The van der Waals surface area contributed by atoms with Crippen LogP contribution >= 0.6 is 0 Å². The van der Waals surface area contributed by atoms with Crippen molar-refractivity contribution in [2.75, 3.05) is 76.9 Å². The summed E-state index contributed by atoms with van der Waals surface area (Å²) >= 11 is 0. The van der Waals surface area contributed by atoms with Crippen LogP contribution in [0, 0.1) is 0 Å². The Labute approximate surface area is 227 Å². The highest BCUT2D eigenvalue weighted by Gasteiger charge is 2.25. The first-order chi connectivity index (χ1) is 19.0. The molecule has 4 aromatic rings. The predicted molar refractivity (Wildman–Crippen MR) is 150 cm³/mol. The van der Waals surface area contributed by atoms with E-state index in [-0.39, 0.29) is 0 Å². The van der Waals surface area contributed by atoms with Crippen LogP contribution in [0.15, 0.2) is 36.5 Å². The van der Waals surface area contributed by atoms with Gasteiger partial charge in [0.15, 0.2) is 17.0 Å². The Balaban J connectivity index is 1.61. The van der Waals surface area contributed by atoms with Crippen LogP contribution in [0.3, 0.4) is 0 Å². The van der Waals surface area contributed by atoms with Crippen molar-refractivity contribution in [3.8, 4) is 23.0 Å².